The standard InChI is InChI=1S/C13H16N6OS/c1-7(2)12-15-10(21-17-12)6-19-13(20)11-9(5-14-19)8(3)16-18(11)4/h5,7H,6H2,1-4H3. The molecule has 0 spiro atoms. The van der Waals surface area contributed by atoms with Crippen LogP contribution in [0.4, 0.5) is 0 Å². The summed E-state index contributed by atoms with van der Waals surface area (Å²) in [4.78, 5) is 16.9. The van der Waals surface area contributed by atoms with E-state index in [0.29, 0.717) is 12.1 Å². The van der Waals surface area contributed by atoms with Crippen molar-refractivity contribution in [1.82, 2.24) is 28.9 Å². The normalized spacial score (nSPS) is 11.7. The van der Waals surface area contributed by atoms with Crippen LogP contribution < -0.4 is 5.56 Å². The zero-order valence-electron chi connectivity index (χ0n) is 12.4. The van der Waals surface area contributed by atoms with Gasteiger partial charge in [-0.15, -0.1) is 0 Å². The molecule has 3 aromatic rings. The summed E-state index contributed by atoms with van der Waals surface area (Å²) < 4.78 is 7.31. The summed E-state index contributed by atoms with van der Waals surface area (Å²) in [7, 11) is 1.77. The molecule has 110 valence electrons. The Labute approximate surface area is 125 Å². The van der Waals surface area contributed by atoms with Crippen molar-refractivity contribution in [3.05, 3.63) is 33.1 Å². The van der Waals surface area contributed by atoms with E-state index in [1.54, 1.807) is 17.9 Å². The minimum absolute atomic E-state index is 0.156. The summed E-state index contributed by atoms with van der Waals surface area (Å²) >= 11 is 1.31. The summed E-state index contributed by atoms with van der Waals surface area (Å²) in [6, 6.07) is 0. The summed E-state index contributed by atoms with van der Waals surface area (Å²) in [6.07, 6.45) is 1.68. The first-order valence-electron chi connectivity index (χ1n) is 6.69. The Morgan fingerprint density at radius 2 is 2.14 bits per heavy atom. The van der Waals surface area contributed by atoms with Crippen molar-refractivity contribution in [2.24, 2.45) is 7.05 Å². The molecule has 3 aromatic heterocycles. The Kier molecular flexibility index (Phi) is 3.32. The molecule has 0 aromatic carbocycles. The average molecular weight is 304 g/mol. The molecule has 0 fully saturated rings. The van der Waals surface area contributed by atoms with Crippen LogP contribution in [0.3, 0.4) is 0 Å². The third-order valence-corrected chi connectivity index (χ3v) is 4.03. The predicted molar refractivity (Wildman–Crippen MR) is 80.6 cm³/mol. The number of aryl methyl sites for hydroxylation is 2. The van der Waals surface area contributed by atoms with Gasteiger partial charge in [0.15, 0.2) is 0 Å². The van der Waals surface area contributed by atoms with Gasteiger partial charge in [0, 0.05) is 18.4 Å². The van der Waals surface area contributed by atoms with Crippen LogP contribution in [-0.4, -0.2) is 28.9 Å². The Bertz CT molecular complexity index is 859. The molecule has 0 saturated heterocycles. The van der Waals surface area contributed by atoms with Crippen LogP contribution in [0.25, 0.3) is 10.9 Å². The fraction of sp³-hybridized carbons (Fsp3) is 0.462. The Morgan fingerprint density at radius 3 is 2.81 bits per heavy atom. The fourth-order valence-electron chi connectivity index (χ4n) is 2.19. The second kappa shape index (κ2) is 5.03. The van der Waals surface area contributed by atoms with Gasteiger partial charge in [-0.1, -0.05) is 13.8 Å². The van der Waals surface area contributed by atoms with Crippen LogP contribution in [-0.2, 0) is 13.6 Å². The summed E-state index contributed by atoms with van der Waals surface area (Å²) in [5.41, 5.74) is 1.22. The molecule has 0 aliphatic rings. The molecule has 3 heterocycles. The molecular weight excluding hydrogens is 288 g/mol. The highest BCUT2D eigenvalue weighted by Crippen LogP contribution is 2.15. The van der Waals surface area contributed by atoms with E-state index in [9.17, 15) is 4.79 Å². The van der Waals surface area contributed by atoms with Crippen molar-refractivity contribution in [3.63, 3.8) is 0 Å². The monoisotopic (exact) mass is 304 g/mol. The second-order valence-corrected chi connectivity index (χ2v) is 6.12. The predicted octanol–water partition coefficient (Wildman–Crippen LogP) is 1.46. The summed E-state index contributed by atoms with van der Waals surface area (Å²) in [6.45, 7) is 6.29. The molecule has 3 rings (SSSR count). The van der Waals surface area contributed by atoms with E-state index in [1.807, 2.05) is 20.8 Å². The number of rotatable bonds is 3. The zero-order chi connectivity index (χ0) is 15.1. The number of fused-ring (bicyclic) bond motifs is 1. The molecule has 0 N–H and O–H groups in total. The van der Waals surface area contributed by atoms with Crippen molar-refractivity contribution in [2.45, 2.75) is 33.2 Å². The molecule has 0 bridgehead atoms. The minimum Gasteiger partial charge on any atom is -0.265 e. The van der Waals surface area contributed by atoms with E-state index in [4.69, 9.17) is 0 Å². The second-order valence-electron chi connectivity index (χ2n) is 5.28. The van der Waals surface area contributed by atoms with E-state index >= 15 is 0 Å². The third-order valence-electron chi connectivity index (χ3n) is 3.32. The van der Waals surface area contributed by atoms with Crippen molar-refractivity contribution in [3.8, 4) is 0 Å². The highest BCUT2D eigenvalue weighted by molar-refractivity contribution is 7.05. The van der Waals surface area contributed by atoms with Crippen molar-refractivity contribution < 1.29 is 0 Å². The lowest BCUT2D eigenvalue weighted by Gasteiger charge is -2.02. The van der Waals surface area contributed by atoms with Crippen LogP contribution >= 0.6 is 11.5 Å². The van der Waals surface area contributed by atoms with Crippen molar-refractivity contribution in [1.29, 1.82) is 0 Å². The fourth-order valence-corrected chi connectivity index (χ4v) is 2.96. The summed E-state index contributed by atoms with van der Waals surface area (Å²) in [5.74, 6) is 1.09. The zero-order valence-corrected chi connectivity index (χ0v) is 13.2. The molecule has 21 heavy (non-hydrogen) atoms. The molecular formula is C13H16N6OS. The molecule has 8 heteroatoms. The number of hydrogen-bond acceptors (Lipinski definition) is 6. The largest absolute Gasteiger partial charge is 0.293 e. The van der Waals surface area contributed by atoms with E-state index < -0.39 is 0 Å². The average Bonchev–Trinajstić information content (AvgIpc) is 2.99. The Balaban J connectivity index is 2.02. The smallest absolute Gasteiger partial charge is 0.265 e. The molecule has 0 saturated carbocycles. The maximum atomic E-state index is 12.5. The Morgan fingerprint density at radius 1 is 1.38 bits per heavy atom. The number of hydrogen-bond donors (Lipinski definition) is 0. The quantitative estimate of drug-likeness (QED) is 0.732. The topological polar surface area (TPSA) is 78.5 Å². The lowest BCUT2D eigenvalue weighted by atomic mass is 10.2. The van der Waals surface area contributed by atoms with Crippen LogP contribution in [0, 0.1) is 6.92 Å². The van der Waals surface area contributed by atoms with E-state index in [2.05, 4.69) is 19.6 Å². The van der Waals surface area contributed by atoms with Gasteiger partial charge < -0.3 is 0 Å². The SMILES string of the molecule is Cc1nn(C)c2c(=O)n(Cc3nc(C(C)C)ns3)ncc12. The maximum Gasteiger partial charge on any atom is 0.293 e. The van der Waals surface area contributed by atoms with E-state index in [-0.39, 0.29) is 11.5 Å². The van der Waals surface area contributed by atoms with Gasteiger partial charge in [0.05, 0.1) is 18.4 Å². The van der Waals surface area contributed by atoms with Crippen molar-refractivity contribution in [2.75, 3.05) is 0 Å². The van der Waals surface area contributed by atoms with Crippen LogP contribution in [0.2, 0.25) is 0 Å². The molecule has 0 aliphatic carbocycles. The number of nitrogens with zero attached hydrogens (tertiary/aromatic N) is 6. The highest BCUT2D eigenvalue weighted by atomic mass is 32.1. The maximum absolute atomic E-state index is 12.5. The van der Waals surface area contributed by atoms with Crippen LogP contribution in [0.1, 0.15) is 36.3 Å². The first kappa shape index (κ1) is 13.9. The van der Waals surface area contributed by atoms with E-state index in [1.165, 1.54) is 16.2 Å². The summed E-state index contributed by atoms with van der Waals surface area (Å²) in [5, 5.41) is 10.1. The third kappa shape index (κ3) is 2.35. The number of aromatic nitrogens is 6. The van der Waals surface area contributed by atoms with Gasteiger partial charge in [0.25, 0.3) is 5.56 Å². The van der Waals surface area contributed by atoms with Gasteiger partial charge in [-0.2, -0.15) is 14.6 Å². The molecule has 0 amide bonds. The molecule has 7 nitrogen and oxygen atoms in total. The molecule has 0 aliphatic heterocycles. The van der Waals surface area contributed by atoms with Crippen LogP contribution in [0.15, 0.2) is 11.0 Å². The Hall–Kier alpha value is -2.09. The minimum atomic E-state index is -0.156. The van der Waals surface area contributed by atoms with Gasteiger partial charge in [-0.3, -0.25) is 9.48 Å². The van der Waals surface area contributed by atoms with Gasteiger partial charge in [0.1, 0.15) is 16.3 Å². The lowest BCUT2D eigenvalue weighted by molar-refractivity contribution is 0.635. The highest BCUT2D eigenvalue weighted by Gasteiger charge is 2.14. The van der Waals surface area contributed by atoms with E-state index in [0.717, 1.165) is 21.9 Å². The molecule has 0 radical (unpaired) electrons. The lowest BCUT2D eigenvalue weighted by Crippen LogP contribution is -2.24. The van der Waals surface area contributed by atoms with Gasteiger partial charge in [-0.05, 0) is 18.5 Å². The van der Waals surface area contributed by atoms with Crippen molar-refractivity contribution >= 4 is 22.4 Å². The van der Waals surface area contributed by atoms with Gasteiger partial charge >= 0.3 is 0 Å². The molecule has 0 atom stereocenters. The molecule has 0 unspecified atom stereocenters. The first-order valence-corrected chi connectivity index (χ1v) is 7.46. The van der Waals surface area contributed by atoms with Gasteiger partial charge in [-0.25, -0.2) is 9.67 Å². The first-order chi connectivity index (χ1) is 9.97. The van der Waals surface area contributed by atoms with Gasteiger partial charge in [0.2, 0.25) is 0 Å². The van der Waals surface area contributed by atoms with Crippen LogP contribution in [0.5, 0.6) is 0 Å².